The monoisotopic (exact) mass is 330 g/mol. The van der Waals surface area contributed by atoms with Crippen molar-refractivity contribution in [3.05, 3.63) is 27.7 Å². The number of hydrogen-bond donors (Lipinski definition) is 1. The van der Waals surface area contributed by atoms with Gasteiger partial charge in [0.1, 0.15) is 0 Å². The molecule has 4 nitrogen and oxygen atoms in total. The highest BCUT2D eigenvalue weighted by Crippen LogP contribution is 2.27. The fourth-order valence-electron chi connectivity index (χ4n) is 1.23. The number of rotatable bonds is 2. The van der Waals surface area contributed by atoms with Gasteiger partial charge in [-0.05, 0) is 40.4 Å². The van der Waals surface area contributed by atoms with E-state index in [9.17, 15) is 0 Å². The second-order valence-electron chi connectivity index (χ2n) is 3.13. The van der Waals surface area contributed by atoms with Crippen LogP contribution in [0.25, 0.3) is 11.4 Å². The van der Waals surface area contributed by atoms with Crippen LogP contribution in [0.5, 0.6) is 0 Å². The summed E-state index contributed by atoms with van der Waals surface area (Å²) in [5.41, 5.74) is 6.43. The molecule has 0 aliphatic carbocycles. The summed E-state index contributed by atoms with van der Waals surface area (Å²) in [6.07, 6.45) is 1.88. The van der Waals surface area contributed by atoms with Gasteiger partial charge >= 0.3 is 0 Å². The van der Waals surface area contributed by atoms with E-state index in [2.05, 4.69) is 30.9 Å². The number of nitrogens with zero attached hydrogens (tertiary/aromatic N) is 3. The third-order valence-corrected chi connectivity index (χ3v) is 3.77. The van der Waals surface area contributed by atoms with Crippen molar-refractivity contribution in [1.29, 1.82) is 0 Å². The lowest BCUT2D eigenvalue weighted by molar-refractivity contribution is 0.927. The molecule has 0 unspecified atom stereocenters. The molecule has 0 spiro atoms. The minimum absolute atomic E-state index is 0.207. The summed E-state index contributed by atoms with van der Waals surface area (Å²) in [6, 6.07) is 5.50. The Bertz CT molecular complexity index is 564. The summed E-state index contributed by atoms with van der Waals surface area (Å²) in [5, 5.41) is 1.19. The van der Waals surface area contributed by atoms with E-state index < -0.39 is 0 Å². The Balaban J connectivity index is 2.52. The number of anilines is 1. The van der Waals surface area contributed by atoms with Crippen molar-refractivity contribution >= 4 is 45.2 Å². The lowest BCUT2D eigenvalue weighted by Gasteiger charge is -2.04. The van der Waals surface area contributed by atoms with Crippen LogP contribution in [0.15, 0.2) is 27.8 Å². The minimum atomic E-state index is 0.207. The average Bonchev–Trinajstić information content (AvgIpc) is 2.32. The molecule has 0 radical (unpaired) electrons. The zero-order valence-corrected chi connectivity index (χ0v) is 12.0. The molecule has 1 aromatic heterocycles. The first-order valence-corrected chi connectivity index (χ1v) is 7.00. The van der Waals surface area contributed by atoms with Crippen molar-refractivity contribution in [3.8, 4) is 11.4 Å². The summed E-state index contributed by atoms with van der Waals surface area (Å²) in [6.45, 7) is 0. The van der Waals surface area contributed by atoms with Crippen LogP contribution in [-0.4, -0.2) is 21.2 Å². The Labute approximate surface area is 116 Å². The number of nitrogen functional groups attached to an aromatic ring is 1. The Morgan fingerprint density at radius 2 is 2.06 bits per heavy atom. The molecule has 1 aromatic carbocycles. The van der Waals surface area contributed by atoms with Crippen LogP contribution in [0.4, 0.5) is 5.95 Å². The number of hydrogen-bond acceptors (Lipinski definition) is 5. The predicted octanol–water partition coefficient (Wildman–Crippen LogP) is 3.26. The molecule has 0 aliphatic heterocycles. The van der Waals surface area contributed by atoms with Gasteiger partial charge < -0.3 is 5.73 Å². The number of thioether (sulfide) groups is 1. The molecule has 0 aliphatic rings. The largest absolute Gasteiger partial charge is 0.368 e. The summed E-state index contributed by atoms with van der Waals surface area (Å²) < 4.78 is 0.829. The zero-order chi connectivity index (χ0) is 12.4. The van der Waals surface area contributed by atoms with Crippen molar-refractivity contribution in [1.82, 2.24) is 15.0 Å². The van der Waals surface area contributed by atoms with E-state index in [0.717, 1.165) is 10.0 Å². The molecule has 7 heteroatoms. The van der Waals surface area contributed by atoms with E-state index in [0.29, 0.717) is 16.0 Å². The highest BCUT2D eigenvalue weighted by atomic mass is 79.9. The van der Waals surface area contributed by atoms with Crippen LogP contribution in [0.3, 0.4) is 0 Å². The molecule has 0 saturated heterocycles. The van der Waals surface area contributed by atoms with Gasteiger partial charge in [0.15, 0.2) is 11.0 Å². The lowest BCUT2D eigenvalue weighted by Crippen LogP contribution is -2.01. The Morgan fingerprint density at radius 1 is 1.29 bits per heavy atom. The second-order valence-corrected chi connectivity index (χ2v) is 5.17. The van der Waals surface area contributed by atoms with E-state index >= 15 is 0 Å². The molecule has 0 atom stereocenters. The maximum absolute atomic E-state index is 6.02. The first kappa shape index (κ1) is 12.6. The van der Waals surface area contributed by atoms with Crippen molar-refractivity contribution < 1.29 is 0 Å². The zero-order valence-electron chi connectivity index (χ0n) is 8.82. The molecule has 0 fully saturated rings. The maximum Gasteiger partial charge on any atom is 0.224 e. The van der Waals surface area contributed by atoms with Gasteiger partial charge in [-0.1, -0.05) is 23.4 Å². The van der Waals surface area contributed by atoms with Gasteiger partial charge in [-0.25, -0.2) is 4.98 Å². The van der Waals surface area contributed by atoms with Crippen molar-refractivity contribution in [2.75, 3.05) is 12.0 Å². The minimum Gasteiger partial charge on any atom is -0.368 e. The third-order valence-electron chi connectivity index (χ3n) is 1.99. The molecule has 1 heterocycles. The van der Waals surface area contributed by atoms with Crippen molar-refractivity contribution in [2.45, 2.75) is 5.16 Å². The number of aromatic nitrogens is 3. The molecule has 2 rings (SSSR count). The van der Waals surface area contributed by atoms with E-state index in [4.69, 9.17) is 17.3 Å². The molecule has 2 N–H and O–H groups in total. The number of nitrogens with two attached hydrogens (primary N) is 1. The average molecular weight is 332 g/mol. The summed E-state index contributed by atoms with van der Waals surface area (Å²) in [4.78, 5) is 12.4. The fraction of sp³-hybridized carbons (Fsp3) is 0.100. The van der Waals surface area contributed by atoms with Gasteiger partial charge in [0.2, 0.25) is 5.95 Å². The maximum atomic E-state index is 6.02. The van der Waals surface area contributed by atoms with Gasteiger partial charge in [0.05, 0.1) is 5.02 Å². The van der Waals surface area contributed by atoms with E-state index in [1.54, 1.807) is 6.07 Å². The number of benzene rings is 1. The molecule has 2 aromatic rings. The van der Waals surface area contributed by atoms with Crippen LogP contribution in [0.2, 0.25) is 5.02 Å². The topological polar surface area (TPSA) is 64.7 Å². The van der Waals surface area contributed by atoms with Gasteiger partial charge in [-0.15, -0.1) is 0 Å². The smallest absolute Gasteiger partial charge is 0.224 e. The number of halogens is 2. The SMILES string of the molecule is CSc1nc(N)nc(-c2ccc(Br)c(Cl)c2)n1. The molecule has 17 heavy (non-hydrogen) atoms. The molecular formula is C10H8BrClN4S. The van der Waals surface area contributed by atoms with Gasteiger partial charge in [-0.2, -0.15) is 9.97 Å². The molecule has 0 saturated carbocycles. The third kappa shape index (κ3) is 2.88. The molecular weight excluding hydrogens is 324 g/mol. The van der Waals surface area contributed by atoms with E-state index in [1.807, 2.05) is 18.4 Å². The first-order valence-electron chi connectivity index (χ1n) is 4.61. The Kier molecular flexibility index (Phi) is 3.86. The fourth-order valence-corrected chi connectivity index (χ4v) is 2.02. The first-order chi connectivity index (χ1) is 8.10. The molecule has 0 bridgehead atoms. The van der Waals surface area contributed by atoms with Crippen LogP contribution >= 0.6 is 39.3 Å². The van der Waals surface area contributed by atoms with E-state index in [-0.39, 0.29) is 5.95 Å². The Morgan fingerprint density at radius 3 is 2.71 bits per heavy atom. The molecule has 88 valence electrons. The normalized spacial score (nSPS) is 10.5. The summed E-state index contributed by atoms with van der Waals surface area (Å²) >= 11 is 10.8. The van der Waals surface area contributed by atoms with Gasteiger partial charge in [-0.3, -0.25) is 0 Å². The van der Waals surface area contributed by atoms with Crippen molar-refractivity contribution in [3.63, 3.8) is 0 Å². The van der Waals surface area contributed by atoms with E-state index in [1.165, 1.54) is 11.8 Å². The highest BCUT2D eigenvalue weighted by molar-refractivity contribution is 9.10. The standard InChI is InChI=1S/C10H8BrClN4S/c1-17-10-15-8(14-9(13)16-10)5-2-3-6(11)7(12)4-5/h2-4H,1H3,(H2,13,14,15,16). The van der Waals surface area contributed by atoms with Crippen molar-refractivity contribution in [2.24, 2.45) is 0 Å². The second kappa shape index (κ2) is 5.20. The lowest BCUT2D eigenvalue weighted by atomic mass is 10.2. The van der Waals surface area contributed by atoms with Crippen LogP contribution in [0.1, 0.15) is 0 Å². The Hall–Kier alpha value is -0.850. The predicted molar refractivity (Wildman–Crippen MR) is 74.2 cm³/mol. The van der Waals surface area contributed by atoms with Crippen LogP contribution < -0.4 is 5.73 Å². The van der Waals surface area contributed by atoms with Gasteiger partial charge in [0.25, 0.3) is 0 Å². The van der Waals surface area contributed by atoms with Crippen LogP contribution in [-0.2, 0) is 0 Å². The van der Waals surface area contributed by atoms with Crippen LogP contribution in [0, 0.1) is 0 Å². The summed E-state index contributed by atoms with van der Waals surface area (Å²) in [5.74, 6) is 0.731. The molecule has 0 amide bonds. The quantitative estimate of drug-likeness (QED) is 0.856. The van der Waals surface area contributed by atoms with Gasteiger partial charge in [0, 0.05) is 10.0 Å². The highest BCUT2D eigenvalue weighted by Gasteiger charge is 2.08. The summed E-state index contributed by atoms with van der Waals surface area (Å²) in [7, 11) is 0.